The molecule has 0 saturated carbocycles. The van der Waals surface area contributed by atoms with Crippen molar-refractivity contribution in [2.45, 2.75) is 6.54 Å². The average molecular weight is 363 g/mol. The highest BCUT2D eigenvalue weighted by Crippen LogP contribution is 2.23. The first-order valence-electron chi connectivity index (χ1n) is 8.53. The van der Waals surface area contributed by atoms with E-state index in [1.165, 1.54) is 10.9 Å². The molecule has 7 heteroatoms. The van der Waals surface area contributed by atoms with Crippen LogP contribution in [-0.4, -0.2) is 28.6 Å². The molecule has 1 N–H and O–H groups in total. The Morgan fingerprint density at radius 3 is 2.74 bits per heavy atom. The smallest absolute Gasteiger partial charge is 0.297 e. The van der Waals surface area contributed by atoms with Crippen LogP contribution in [0.15, 0.2) is 70.1 Å². The topological polar surface area (TPSA) is 86.4 Å². The number of fused-ring (bicyclic) bond motifs is 3. The van der Waals surface area contributed by atoms with E-state index < -0.39 is 0 Å². The van der Waals surface area contributed by atoms with Gasteiger partial charge in [-0.15, -0.1) is 0 Å². The third-order valence-electron chi connectivity index (χ3n) is 4.10. The number of nitrogens with zero attached hydrogens (tertiary/aromatic N) is 2. The molecule has 0 fully saturated rings. The maximum absolute atomic E-state index is 12.6. The fourth-order valence-electron chi connectivity index (χ4n) is 2.81. The minimum atomic E-state index is -0.383. The van der Waals surface area contributed by atoms with Crippen molar-refractivity contribution in [2.75, 3.05) is 13.2 Å². The zero-order valence-electron chi connectivity index (χ0n) is 14.4. The van der Waals surface area contributed by atoms with E-state index in [2.05, 4.69) is 10.3 Å². The van der Waals surface area contributed by atoms with Gasteiger partial charge < -0.3 is 14.5 Å². The second-order valence-corrected chi connectivity index (χ2v) is 5.97. The number of amides is 1. The van der Waals surface area contributed by atoms with Crippen LogP contribution in [0, 0.1) is 0 Å². The number of hydrogen-bond donors (Lipinski definition) is 1. The third kappa shape index (κ3) is 3.52. The van der Waals surface area contributed by atoms with Gasteiger partial charge in [-0.05, 0) is 24.3 Å². The first kappa shape index (κ1) is 16.8. The molecule has 0 aliphatic carbocycles. The second kappa shape index (κ2) is 7.33. The van der Waals surface area contributed by atoms with Crippen LogP contribution in [0.2, 0.25) is 0 Å². The van der Waals surface area contributed by atoms with Gasteiger partial charge in [-0.3, -0.25) is 14.2 Å². The Morgan fingerprint density at radius 1 is 1.11 bits per heavy atom. The van der Waals surface area contributed by atoms with Crippen molar-refractivity contribution in [1.82, 2.24) is 14.9 Å². The Bertz CT molecular complexity index is 1150. The Morgan fingerprint density at radius 2 is 1.89 bits per heavy atom. The fourth-order valence-corrected chi connectivity index (χ4v) is 2.81. The zero-order valence-corrected chi connectivity index (χ0v) is 14.4. The Labute approximate surface area is 154 Å². The molecular formula is C20H17N3O4. The van der Waals surface area contributed by atoms with Gasteiger partial charge in [0.1, 0.15) is 30.0 Å². The van der Waals surface area contributed by atoms with Gasteiger partial charge in [-0.2, -0.15) is 0 Å². The Kier molecular flexibility index (Phi) is 4.57. The second-order valence-electron chi connectivity index (χ2n) is 5.97. The van der Waals surface area contributed by atoms with Gasteiger partial charge >= 0.3 is 0 Å². The molecule has 2 aromatic heterocycles. The lowest BCUT2D eigenvalue weighted by Gasteiger charge is -2.08. The average Bonchev–Trinajstić information content (AvgIpc) is 3.08. The lowest BCUT2D eigenvalue weighted by Crippen LogP contribution is -2.34. The highest BCUT2D eigenvalue weighted by molar-refractivity contribution is 6.01. The fraction of sp³-hybridized carbons (Fsp3) is 0.150. The number of ether oxygens (including phenoxy) is 1. The summed E-state index contributed by atoms with van der Waals surface area (Å²) >= 11 is 0. The number of para-hydroxylation sites is 2. The molecule has 0 aliphatic heterocycles. The van der Waals surface area contributed by atoms with Crippen LogP contribution in [0.1, 0.15) is 0 Å². The number of benzene rings is 2. The summed E-state index contributed by atoms with van der Waals surface area (Å²) in [7, 11) is 0. The molecular weight excluding hydrogens is 346 g/mol. The molecule has 7 nitrogen and oxygen atoms in total. The molecule has 27 heavy (non-hydrogen) atoms. The van der Waals surface area contributed by atoms with Crippen LogP contribution in [-0.2, 0) is 11.3 Å². The van der Waals surface area contributed by atoms with Crippen molar-refractivity contribution < 1.29 is 13.9 Å². The van der Waals surface area contributed by atoms with E-state index in [1.54, 1.807) is 6.07 Å². The molecule has 4 rings (SSSR count). The van der Waals surface area contributed by atoms with E-state index in [4.69, 9.17) is 9.15 Å². The zero-order chi connectivity index (χ0) is 18.6. The number of nitrogens with one attached hydrogen (secondary N) is 1. The first-order chi connectivity index (χ1) is 13.2. The molecule has 2 heterocycles. The van der Waals surface area contributed by atoms with Crippen molar-refractivity contribution in [2.24, 2.45) is 0 Å². The van der Waals surface area contributed by atoms with Crippen molar-refractivity contribution in [3.8, 4) is 5.75 Å². The van der Waals surface area contributed by atoms with Crippen molar-refractivity contribution >= 4 is 28.0 Å². The molecule has 0 atom stereocenters. The number of rotatable bonds is 6. The maximum atomic E-state index is 12.6. The summed E-state index contributed by atoms with van der Waals surface area (Å²) in [6, 6.07) is 16.6. The van der Waals surface area contributed by atoms with Crippen LogP contribution in [0.3, 0.4) is 0 Å². The monoisotopic (exact) mass is 363 g/mol. The molecule has 0 saturated heterocycles. The van der Waals surface area contributed by atoms with Crippen LogP contribution in [0.4, 0.5) is 0 Å². The summed E-state index contributed by atoms with van der Waals surface area (Å²) < 4.78 is 12.4. The van der Waals surface area contributed by atoms with Gasteiger partial charge in [0.05, 0.1) is 12.9 Å². The van der Waals surface area contributed by atoms with E-state index in [1.807, 2.05) is 48.5 Å². The third-order valence-corrected chi connectivity index (χ3v) is 4.10. The molecule has 0 unspecified atom stereocenters. The van der Waals surface area contributed by atoms with Crippen LogP contribution < -0.4 is 15.6 Å². The molecule has 0 aliphatic rings. The molecule has 136 valence electrons. The van der Waals surface area contributed by atoms with E-state index in [0.29, 0.717) is 24.3 Å². The molecule has 4 aromatic rings. The largest absolute Gasteiger partial charge is 0.492 e. The van der Waals surface area contributed by atoms with Crippen LogP contribution >= 0.6 is 0 Å². The number of aromatic nitrogens is 2. The van der Waals surface area contributed by atoms with E-state index in [-0.39, 0.29) is 23.6 Å². The van der Waals surface area contributed by atoms with Crippen molar-refractivity contribution in [1.29, 1.82) is 0 Å². The Hall–Kier alpha value is -3.61. The quantitative estimate of drug-likeness (QED) is 0.532. The number of carbonyl (C=O) groups is 1. The summed E-state index contributed by atoms with van der Waals surface area (Å²) in [5.41, 5.74) is 0.867. The lowest BCUT2D eigenvalue weighted by molar-refractivity contribution is -0.121. The first-order valence-corrected chi connectivity index (χ1v) is 8.53. The minimum Gasteiger partial charge on any atom is -0.492 e. The normalized spacial score (nSPS) is 11.0. The van der Waals surface area contributed by atoms with Gasteiger partial charge in [0.25, 0.3) is 5.56 Å². The Balaban J connectivity index is 1.40. The molecule has 1 amide bonds. The number of hydrogen-bond acceptors (Lipinski definition) is 5. The summed E-state index contributed by atoms with van der Waals surface area (Å²) in [4.78, 5) is 29.0. The van der Waals surface area contributed by atoms with Gasteiger partial charge in [0, 0.05) is 5.39 Å². The van der Waals surface area contributed by atoms with Gasteiger partial charge in [-0.1, -0.05) is 30.3 Å². The SMILES string of the molecule is O=C(Cn1cnc2c(oc3ccccc32)c1=O)NCCOc1ccccc1. The molecule has 2 aromatic carbocycles. The summed E-state index contributed by atoms with van der Waals surface area (Å²) in [6.07, 6.45) is 1.37. The molecule has 0 bridgehead atoms. The van der Waals surface area contributed by atoms with E-state index >= 15 is 0 Å². The maximum Gasteiger partial charge on any atom is 0.297 e. The number of furan rings is 1. The predicted molar refractivity (Wildman–Crippen MR) is 101 cm³/mol. The van der Waals surface area contributed by atoms with E-state index in [9.17, 15) is 9.59 Å². The highest BCUT2D eigenvalue weighted by atomic mass is 16.5. The van der Waals surface area contributed by atoms with Gasteiger partial charge in [0.15, 0.2) is 0 Å². The van der Waals surface area contributed by atoms with Crippen molar-refractivity contribution in [3.63, 3.8) is 0 Å². The molecule has 0 radical (unpaired) electrons. The molecule has 0 spiro atoms. The van der Waals surface area contributed by atoms with Crippen LogP contribution in [0.5, 0.6) is 5.75 Å². The summed E-state index contributed by atoms with van der Waals surface area (Å²) in [6.45, 7) is 0.540. The predicted octanol–water partition coefficient (Wildman–Crippen LogP) is 2.34. The minimum absolute atomic E-state index is 0.135. The van der Waals surface area contributed by atoms with E-state index in [0.717, 1.165) is 11.1 Å². The summed E-state index contributed by atoms with van der Waals surface area (Å²) in [5.74, 6) is 0.438. The van der Waals surface area contributed by atoms with Crippen molar-refractivity contribution in [3.05, 3.63) is 71.3 Å². The van der Waals surface area contributed by atoms with Crippen LogP contribution in [0.25, 0.3) is 22.1 Å². The van der Waals surface area contributed by atoms with Gasteiger partial charge in [0.2, 0.25) is 11.5 Å². The number of carbonyl (C=O) groups excluding carboxylic acids is 1. The highest BCUT2D eigenvalue weighted by Gasteiger charge is 2.14. The van der Waals surface area contributed by atoms with Gasteiger partial charge in [-0.25, -0.2) is 4.98 Å². The standard InChI is InChI=1S/C20H17N3O4/c24-17(21-10-11-26-14-6-2-1-3-7-14)12-23-13-22-18-15-8-4-5-9-16(15)27-19(18)20(23)25/h1-9,13H,10-12H2,(H,21,24). The summed E-state index contributed by atoms with van der Waals surface area (Å²) in [5, 5.41) is 3.50. The lowest BCUT2D eigenvalue weighted by atomic mass is 10.2.